The Kier molecular flexibility index (Phi) is 3.00. The lowest BCUT2D eigenvalue weighted by atomic mass is 9.75. The van der Waals surface area contributed by atoms with Crippen molar-refractivity contribution in [1.82, 2.24) is 0 Å². The summed E-state index contributed by atoms with van der Waals surface area (Å²) in [5, 5.41) is 0. The third-order valence-electron chi connectivity index (χ3n) is 2.42. The molecule has 1 saturated carbocycles. The van der Waals surface area contributed by atoms with Crippen molar-refractivity contribution in [2.75, 3.05) is 5.88 Å². The molecule has 0 atom stereocenters. The Morgan fingerprint density at radius 2 is 2.27 bits per heavy atom. The summed E-state index contributed by atoms with van der Waals surface area (Å²) in [6, 6.07) is 0. The van der Waals surface area contributed by atoms with Crippen molar-refractivity contribution < 1.29 is 0 Å². The van der Waals surface area contributed by atoms with Gasteiger partial charge in [0.15, 0.2) is 0 Å². The van der Waals surface area contributed by atoms with Crippen LogP contribution < -0.4 is 0 Å². The molecule has 0 saturated heterocycles. The molecule has 0 nitrogen and oxygen atoms in total. The minimum Gasteiger partial charge on any atom is -0.122 e. The number of rotatable bonds is 1. The highest BCUT2D eigenvalue weighted by Gasteiger charge is 2.23. The molecule has 1 heteroatoms. The molecular weight excluding hydrogens is 156 g/mol. The van der Waals surface area contributed by atoms with Gasteiger partial charge in [0.25, 0.3) is 0 Å². The van der Waals surface area contributed by atoms with Gasteiger partial charge in [-0.15, -0.1) is 11.6 Å². The molecule has 0 aliphatic heterocycles. The van der Waals surface area contributed by atoms with E-state index >= 15 is 0 Å². The Hall–Kier alpha value is 0.0300. The zero-order valence-corrected chi connectivity index (χ0v) is 8.25. The van der Waals surface area contributed by atoms with Crippen LogP contribution in [0.3, 0.4) is 0 Å². The standard InChI is InChI=1S/C10H17Cl/c1-10(2)6-3-4-9(8-10)5-7-11/h5H,3-4,6-8H2,1-2H3. The highest BCUT2D eigenvalue weighted by atomic mass is 35.5. The number of allylic oxidation sites excluding steroid dienone is 2. The second-order valence-corrected chi connectivity index (χ2v) is 4.52. The molecule has 0 aromatic carbocycles. The molecule has 0 bridgehead atoms. The average molecular weight is 173 g/mol. The van der Waals surface area contributed by atoms with Crippen molar-refractivity contribution in [2.24, 2.45) is 5.41 Å². The molecule has 1 aliphatic carbocycles. The maximum atomic E-state index is 5.65. The Morgan fingerprint density at radius 3 is 2.82 bits per heavy atom. The van der Waals surface area contributed by atoms with Gasteiger partial charge in [0.05, 0.1) is 0 Å². The number of alkyl halides is 1. The molecule has 11 heavy (non-hydrogen) atoms. The molecule has 0 amide bonds. The van der Waals surface area contributed by atoms with Crippen LogP contribution in [0.4, 0.5) is 0 Å². The van der Waals surface area contributed by atoms with Crippen LogP contribution in [-0.4, -0.2) is 5.88 Å². The van der Waals surface area contributed by atoms with Gasteiger partial charge in [-0.3, -0.25) is 0 Å². The van der Waals surface area contributed by atoms with Gasteiger partial charge < -0.3 is 0 Å². The van der Waals surface area contributed by atoms with E-state index in [1.807, 2.05) is 0 Å². The summed E-state index contributed by atoms with van der Waals surface area (Å²) < 4.78 is 0. The average Bonchev–Trinajstić information content (AvgIpc) is 1.85. The maximum Gasteiger partial charge on any atom is 0.0406 e. The summed E-state index contributed by atoms with van der Waals surface area (Å²) in [7, 11) is 0. The zero-order valence-electron chi connectivity index (χ0n) is 7.49. The second kappa shape index (κ2) is 3.62. The highest BCUT2D eigenvalue weighted by molar-refractivity contribution is 6.18. The molecule has 0 spiro atoms. The molecule has 1 fully saturated rings. The van der Waals surface area contributed by atoms with Crippen LogP contribution in [-0.2, 0) is 0 Å². The van der Waals surface area contributed by atoms with E-state index in [2.05, 4.69) is 19.9 Å². The van der Waals surface area contributed by atoms with E-state index in [1.54, 1.807) is 5.57 Å². The third kappa shape index (κ3) is 2.86. The summed E-state index contributed by atoms with van der Waals surface area (Å²) >= 11 is 5.65. The molecule has 0 unspecified atom stereocenters. The summed E-state index contributed by atoms with van der Waals surface area (Å²) in [6.45, 7) is 4.68. The van der Waals surface area contributed by atoms with Gasteiger partial charge in [-0.25, -0.2) is 0 Å². The van der Waals surface area contributed by atoms with Crippen molar-refractivity contribution in [3.8, 4) is 0 Å². The van der Waals surface area contributed by atoms with Gasteiger partial charge in [0.1, 0.15) is 0 Å². The zero-order chi connectivity index (χ0) is 8.32. The highest BCUT2D eigenvalue weighted by Crippen LogP contribution is 2.37. The number of hydrogen-bond acceptors (Lipinski definition) is 0. The first kappa shape index (κ1) is 9.12. The van der Waals surface area contributed by atoms with Crippen molar-refractivity contribution in [1.29, 1.82) is 0 Å². The lowest BCUT2D eigenvalue weighted by molar-refractivity contribution is 0.289. The van der Waals surface area contributed by atoms with Crippen LogP contribution in [0.1, 0.15) is 39.5 Å². The fourth-order valence-electron chi connectivity index (χ4n) is 1.87. The predicted molar refractivity (Wildman–Crippen MR) is 51.1 cm³/mol. The molecule has 0 heterocycles. The minimum atomic E-state index is 0.524. The monoisotopic (exact) mass is 172 g/mol. The maximum absolute atomic E-state index is 5.65. The van der Waals surface area contributed by atoms with Gasteiger partial charge in [0, 0.05) is 5.88 Å². The first-order chi connectivity index (χ1) is 5.14. The Bertz CT molecular complexity index is 156. The quantitative estimate of drug-likeness (QED) is 0.418. The van der Waals surface area contributed by atoms with Crippen molar-refractivity contribution in [3.63, 3.8) is 0 Å². The summed E-state index contributed by atoms with van der Waals surface area (Å²) in [5.41, 5.74) is 2.09. The predicted octanol–water partition coefficient (Wildman–Crippen LogP) is 3.75. The SMILES string of the molecule is CC1(C)CCCC(=CCCl)C1. The van der Waals surface area contributed by atoms with Gasteiger partial charge in [-0.2, -0.15) is 0 Å². The van der Waals surface area contributed by atoms with Crippen molar-refractivity contribution in [2.45, 2.75) is 39.5 Å². The fraction of sp³-hybridized carbons (Fsp3) is 0.800. The summed E-state index contributed by atoms with van der Waals surface area (Å²) in [5.74, 6) is 0.686. The molecule has 0 aromatic rings. The van der Waals surface area contributed by atoms with E-state index in [1.165, 1.54) is 25.7 Å². The van der Waals surface area contributed by atoms with Gasteiger partial charge in [0.2, 0.25) is 0 Å². The molecule has 0 radical (unpaired) electrons. The minimum absolute atomic E-state index is 0.524. The number of halogens is 1. The fourth-order valence-corrected chi connectivity index (χ4v) is 2.09. The van der Waals surface area contributed by atoms with Crippen molar-refractivity contribution in [3.05, 3.63) is 11.6 Å². The first-order valence-corrected chi connectivity index (χ1v) is 4.91. The first-order valence-electron chi connectivity index (χ1n) is 4.38. The van der Waals surface area contributed by atoms with E-state index in [-0.39, 0.29) is 0 Å². The summed E-state index contributed by atoms with van der Waals surface area (Å²) in [4.78, 5) is 0. The van der Waals surface area contributed by atoms with E-state index < -0.39 is 0 Å². The van der Waals surface area contributed by atoms with Gasteiger partial charge in [-0.1, -0.05) is 25.5 Å². The Labute approximate surface area is 74.6 Å². The smallest absolute Gasteiger partial charge is 0.0406 e. The topological polar surface area (TPSA) is 0 Å². The Balaban J connectivity index is 2.53. The Morgan fingerprint density at radius 1 is 1.55 bits per heavy atom. The van der Waals surface area contributed by atoms with E-state index in [4.69, 9.17) is 11.6 Å². The molecule has 64 valence electrons. The van der Waals surface area contributed by atoms with Crippen LogP contribution in [0.25, 0.3) is 0 Å². The molecule has 0 aromatic heterocycles. The van der Waals surface area contributed by atoms with Crippen LogP contribution in [0.5, 0.6) is 0 Å². The molecule has 0 N–H and O–H groups in total. The largest absolute Gasteiger partial charge is 0.122 e. The second-order valence-electron chi connectivity index (χ2n) is 4.21. The van der Waals surface area contributed by atoms with Crippen LogP contribution in [0, 0.1) is 5.41 Å². The van der Waals surface area contributed by atoms with Gasteiger partial charge >= 0.3 is 0 Å². The lowest BCUT2D eigenvalue weighted by Crippen LogP contribution is -2.17. The molecular formula is C10H17Cl. The normalized spacial score (nSPS) is 27.4. The van der Waals surface area contributed by atoms with Crippen LogP contribution in [0.2, 0.25) is 0 Å². The van der Waals surface area contributed by atoms with Crippen molar-refractivity contribution >= 4 is 11.6 Å². The van der Waals surface area contributed by atoms with Crippen LogP contribution >= 0.6 is 11.6 Å². The third-order valence-corrected chi connectivity index (χ3v) is 2.58. The van der Waals surface area contributed by atoms with E-state index in [0.29, 0.717) is 11.3 Å². The number of hydrogen-bond donors (Lipinski definition) is 0. The summed E-state index contributed by atoms with van der Waals surface area (Å²) in [6.07, 6.45) is 7.42. The molecule has 1 aliphatic rings. The lowest BCUT2D eigenvalue weighted by Gasteiger charge is -2.31. The van der Waals surface area contributed by atoms with Crippen LogP contribution in [0.15, 0.2) is 11.6 Å². The van der Waals surface area contributed by atoms with E-state index in [9.17, 15) is 0 Å². The van der Waals surface area contributed by atoms with E-state index in [0.717, 1.165) is 0 Å². The van der Waals surface area contributed by atoms with Gasteiger partial charge in [-0.05, 0) is 31.1 Å². The molecule has 1 rings (SSSR count).